The Hall–Kier alpha value is -2.08. The smallest absolute Gasteiger partial charge is 0.225 e. The average Bonchev–Trinajstić information content (AvgIpc) is 2.72. The van der Waals surface area contributed by atoms with E-state index in [1.165, 1.54) is 5.56 Å². The van der Waals surface area contributed by atoms with Crippen molar-refractivity contribution >= 4 is 11.9 Å². The number of aliphatic imine (C=N–C) groups is 1. The lowest BCUT2D eigenvalue weighted by atomic mass is 10.0. The molecule has 1 aliphatic rings. The fourth-order valence-corrected chi connectivity index (χ4v) is 3.86. The monoisotopic (exact) mass is 415 g/mol. The molecule has 1 atom stereocenters. The van der Waals surface area contributed by atoms with Gasteiger partial charge in [0.05, 0.1) is 6.54 Å². The first-order valence-corrected chi connectivity index (χ1v) is 11.4. The van der Waals surface area contributed by atoms with Crippen LogP contribution in [0.3, 0.4) is 0 Å². The molecule has 1 aromatic carbocycles. The first-order valence-electron chi connectivity index (χ1n) is 11.4. The van der Waals surface area contributed by atoms with E-state index in [0.717, 1.165) is 38.4 Å². The Morgan fingerprint density at radius 3 is 2.37 bits per heavy atom. The van der Waals surface area contributed by atoms with Crippen LogP contribution in [-0.4, -0.2) is 54.5 Å². The molecular formula is C24H41N5O. The maximum absolute atomic E-state index is 12.2. The summed E-state index contributed by atoms with van der Waals surface area (Å²) in [4.78, 5) is 19.0. The highest BCUT2D eigenvalue weighted by molar-refractivity contribution is 5.80. The number of guanidine groups is 1. The number of likely N-dealkylation sites (tertiary alicyclic amines) is 1. The van der Waals surface area contributed by atoms with Crippen LogP contribution in [0.5, 0.6) is 0 Å². The minimum atomic E-state index is -0.134. The largest absolute Gasteiger partial charge is 0.357 e. The molecule has 0 saturated carbocycles. The quantitative estimate of drug-likeness (QED) is 0.450. The van der Waals surface area contributed by atoms with Crippen molar-refractivity contribution < 1.29 is 4.79 Å². The lowest BCUT2D eigenvalue weighted by molar-refractivity contribution is -0.135. The summed E-state index contributed by atoms with van der Waals surface area (Å²) >= 11 is 0. The molecule has 6 heteroatoms. The maximum atomic E-state index is 12.2. The van der Waals surface area contributed by atoms with Crippen LogP contribution in [0.25, 0.3) is 0 Å². The topological polar surface area (TPSA) is 68.8 Å². The van der Waals surface area contributed by atoms with Gasteiger partial charge in [-0.3, -0.25) is 9.79 Å². The van der Waals surface area contributed by atoms with Gasteiger partial charge in [-0.1, -0.05) is 44.2 Å². The predicted octanol–water partition coefficient (Wildman–Crippen LogP) is 3.32. The van der Waals surface area contributed by atoms with E-state index in [1.807, 2.05) is 24.8 Å². The third-order valence-electron chi connectivity index (χ3n) is 5.52. The summed E-state index contributed by atoms with van der Waals surface area (Å²) < 4.78 is 0. The number of carbonyl (C=O) groups is 1. The number of carbonyl (C=O) groups excluding carboxylic acids is 1. The summed E-state index contributed by atoms with van der Waals surface area (Å²) in [7, 11) is 0. The first kappa shape index (κ1) is 24.2. The molecule has 0 spiro atoms. The Balaban J connectivity index is 1.89. The number of nitrogens with zero attached hydrogens (tertiary/aromatic N) is 2. The fourth-order valence-electron chi connectivity index (χ4n) is 3.86. The molecule has 1 unspecified atom stereocenters. The van der Waals surface area contributed by atoms with E-state index in [2.05, 4.69) is 67.9 Å². The molecule has 0 bridgehead atoms. The number of piperidine rings is 1. The molecule has 1 heterocycles. The Morgan fingerprint density at radius 2 is 1.80 bits per heavy atom. The number of amides is 1. The van der Waals surface area contributed by atoms with Gasteiger partial charge < -0.3 is 20.9 Å². The second-order valence-electron chi connectivity index (χ2n) is 9.25. The molecule has 30 heavy (non-hydrogen) atoms. The van der Waals surface area contributed by atoms with E-state index in [4.69, 9.17) is 4.99 Å². The van der Waals surface area contributed by atoms with E-state index in [0.29, 0.717) is 12.6 Å². The normalized spacial score (nSPS) is 17.2. The van der Waals surface area contributed by atoms with Gasteiger partial charge >= 0.3 is 0 Å². The van der Waals surface area contributed by atoms with Crippen molar-refractivity contribution in [3.63, 3.8) is 0 Å². The van der Waals surface area contributed by atoms with Crippen LogP contribution in [0, 0.1) is 5.92 Å². The molecule has 1 aromatic rings. The zero-order valence-corrected chi connectivity index (χ0v) is 19.7. The molecule has 1 amide bonds. The molecule has 1 aliphatic heterocycles. The minimum absolute atomic E-state index is 0.0707. The van der Waals surface area contributed by atoms with Crippen LogP contribution in [0.4, 0.5) is 0 Å². The van der Waals surface area contributed by atoms with Gasteiger partial charge in [0.15, 0.2) is 5.96 Å². The zero-order valence-electron chi connectivity index (χ0n) is 19.7. The first-order chi connectivity index (χ1) is 14.2. The number of hydrogen-bond donors (Lipinski definition) is 3. The van der Waals surface area contributed by atoms with Gasteiger partial charge in [0.25, 0.3) is 0 Å². The second-order valence-corrected chi connectivity index (χ2v) is 9.25. The second kappa shape index (κ2) is 11.3. The van der Waals surface area contributed by atoms with Gasteiger partial charge in [0.2, 0.25) is 5.91 Å². The third kappa shape index (κ3) is 7.63. The Labute approximate surface area is 182 Å². The summed E-state index contributed by atoms with van der Waals surface area (Å²) in [5, 5.41) is 10.6. The van der Waals surface area contributed by atoms with Crippen molar-refractivity contribution in [2.45, 2.75) is 72.0 Å². The summed E-state index contributed by atoms with van der Waals surface area (Å²) in [5.41, 5.74) is 1.15. The number of rotatable bonds is 8. The molecule has 1 fully saturated rings. The van der Waals surface area contributed by atoms with Crippen molar-refractivity contribution in [1.29, 1.82) is 0 Å². The van der Waals surface area contributed by atoms with Crippen LogP contribution < -0.4 is 16.0 Å². The Kier molecular flexibility index (Phi) is 9.15. The summed E-state index contributed by atoms with van der Waals surface area (Å²) in [5.74, 6) is 1.18. The van der Waals surface area contributed by atoms with Crippen molar-refractivity contribution in [3.8, 4) is 0 Å². The highest BCUT2D eigenvalue weighted by Gasteiger charge is 2.25. The van der Waals surface area contributed by atoms with Gasteiger partial charge in [-0.25, -0.2) is 0 Å². The maximum Gasteiger partial charge on any atom is 0.225 e. The van der Waals surface area contributed by atoms with E-state index >= 15 is 0 Å². The SMILES string of the molecule is CCNC(=NCC(C)(C)NC(C)c1ccccc1)NC1CCN(C(=O)C(C)C)CC1. The van der Waals surface area contributed by atoms with Crippen LogP contribution in [0.1, 0.15) is 66.0 Å². The Morgan fingerprint density at radius 1 is 1.17 bits per heavy atom. The molecule has 0 aliphatic carbocycles. The summed E-state index contributed by atoms with van der Waals surface area (Å²) in [6.45, 7) is 15.7. The molecule has 1 saturated heterocycles. The summed E-state index contributed by atoms with van der Waals surface area (Å²) in [6, 6.07) is 11.1. The molecule has 3 N–H and O–H groups in total. The molecular weight excluding hydrogens is 374 g/mol. The number of nitrogens with one attached hydrogen (secondary N) is 3. The highest BCUT2D eigenvalue weighted by Crippen LogP contribution is 2.17. The third-order valence-corrected chi connectivity index (χ3v) is 5.52. The molecule has 0 radical (unpaired) electrons. The van der Waals surface area contributed by atoms with Crippen molar-refractivity contribution in [2.24, 2.45) is 10.9 Å². The van der Waals surface area contributed by atoms with Gasteiger partial charge in [-0.05, 0) is 46.1 Å². The molecule has 168 valence electrons. The fraction of sp³-hybridized carbons (Fsp3) is 0.667. The van der Waals surface area contributed by atoms with E-state index in [9.17, 15) is 4.79 Å². The number of benzene rings is 1. The van der Waals surface area contributed by atoms with Gasteiger partial charge in [0.1, 0.15) is 0 Å². The van der Waals surface area contributed by atoms with Crippen molar-refractivity contribution in [2.75, 3.05) is 26.2 Å². The Bertz CT molecular complexity index is 678. The van der Waals surface area contributed by atoms with Crippen molar-refractivity contribution in [3.05, 3.63) is 35.9 Å². The molecule has 0 aromatic heterocycles. The molecule has 2 rings (SSSR count). The van der Waals surface area contributed by atoms with E-state index < -0.39 is 0 Å². The zero-order chi connectivity index (χ0) is 22.1. The average molecular weight is 416 g/mol. The summed E-state index contributed by atoms with van der Waals surface area (Å²) in [6.07, 6.45) is 1.91. The number of hydrogen-bond acceptors (Lipinski definition) is 3. The van der Waals surface area contributed by atoms with E-state index in [-0.39, 0.29) is 23.4 Å². The van der Waals surface area contributed by atoms with Gasteiger partial charge in [-0.2, -0.15) is 0 Å². The lowest BCUT2D eigenvalue weighted by Gasteiger charge is -2.34. The van der Waals surface area contributed by atoms with E-state index in [1.54, 1.807) is 0 Å². The van der Waals surface area contributed by atoms with Crippen LogP contribution in [0.15, 0.2) is 35.3 Å². The van der Waals surface area contributed by atoms with Crippen molar-refractivity contribution in [1.82, 2.24) is 20.9 Å². The highest BCUT2D eigenvalue weighted by atomic mass is 16.2. The van der Waals surface area contributed by atoms with Crippen LogP contribution in [0.2, 0.25) is 0 Å². The predicted molar refractivity (Wildman–Crippen MR) is 126 cm³/mol. The standard InChI is InChI=1S/C24H41N5O/c1-7-25-23(27-21-13-15-29(16-14-21)22(30)18(2)3)26-17-24(5,6)28-19(4)20-11-9-8-10-12-20/h8-12,18-19,21,28H,7,13-17H2,1-6H3,(H2,25,26,27). The van der Waals surface area contributed by atoms with Crippen LogP contribution >= 0.6 is 0 Å². The minimum Gasteiger partial charge on any atom is -0.357 e. The van der Waals surface area contributed by atoms with Crippen LogP contribution in [-0.2, 0) is 4.79 Å². The van der Waals surface area contributed by atoms with Gasteiger partial charge in [-0.15, -0.1) is 0 Å². The lowest BCUT2D eigenvalue weighted by Crippen LogP contribution is -2.51. The van der Waals surface area contributed by atoms with Gasteiger partial charge in [0, 0.05) is 43.2 Å². The molecule has 6 nitrogen and oxygen atoms in total.